The Labute approximate surface area is 187 Å². The van der Waals surface area contributed by atoms with E-state index < -0.39 is 11.6 Å². The Hall–Kier alpha value is -3.32. The number of rotatable bonds is 8. The maximum absolute atomic E-state index is 13.8. The third-order valence-corrected chi connectivity index (χ3v) is 6.07. The van der Waals surface area contributed by atoms with Crippen LogP contribution >= 0.6 is 0 Å². The van der Waals surface area contributed by atoms with Crippen molar-refractivity contribution in [1.29, 1.82) is 0 Å². The van der Waals surface area contributed by atoms with Crippen molar-refractivity contribution in [2.24, 2.45) is 0 Å². The molecule has 1 aliphatic rings. The smallest absolute Gasteiger partial charge is 0.318 e. The average molecular weight is 435 g/mol. The number of carbonyl (C=O) groups is 1. The van der Waals surface area contributed by atoms with Crippen molar-refractivity contribution in [3.63, 3.8) is 0 Å². The number of hydrogen-bond acceptors (Lipinski definition) is 4. The van der Waals surface area contributed by atoms with Gasteiger partial charge in [0.15, 0.2) is 0 Å². The summed E-state index contributed by atoms with van der Waals surface area (Å²) in [5, 5.41) is 15.4. The molecule has 0 aliphatic carbocycles. The van der Waals surface area contributed by atoms with Gasteiger partial charge in [0.25, 0.3) is 0 Å². The van der Waals surface area contributed by atoms with E-state index >= 15 is 0 Å². The van der Waals surface area contributed by atoms with Gasteiger partial charge in [-0.1, -0.05) is 44.0 Å². The van der Waals surface area contributed by atoms with E-state index in [2.05, 4.69) is 22.2 Å². The number of carbonyl (C=O) groups excluding carboxylic acids is 1. The molecular weight excluding hydrogens is 407 g/mol. The lowest BCUT2D eigenvalue weighted by Gasteiger charge is -2.43. The summed E-state index contributed by atoms with van der Waals surface area (Å²) in [7, 11) is 0. The first kappa shape index (κ1) is 21.9. The molecule has 6 nitrogen and oxygen atoms in total. The van der Waals surface area contributed by atoms with Crippen LogP contribution in [0.15, 0.2) is 73.3 Å². The number of amides is 2. The summed E-state index contributed by atoms with van der Waals surface area (Å²) in [5.41, 5.74) is 0.0136. The zero-order valence-electron chi connectivity index (χ0n) is 18.0. The highest BCUT2D eigenvalue weighted by Gasteiger charge is 2.50. The highest BCUT2D eigenvalue weighted by Crippen LogP contribution is 2.46. The van der Waals surface area contributed by atoms with Gasteiger partial charge in [0.1, 0.15) is 11.4 Å². The summed E-state index contributed by atoms with van der Waals surface area (Å²) in [5.74, 6) is -0.382. The van der Waals surface area contributed by atoms with Gasteiger partial charge in [-0.3, -0.25) is 9.97 Å². The first-order valence-corrected chi connectivity index (χ1v) is 10.9. The van der Waals surface area contributed by atoms with Crippen molar-refractivity contribution in [1.82, 2.24) is 20.2 Å². The molecule has 1 aromatic carbocycles. The largest absolute Gasteiger partial charge is 0.378 e. The average Bonchev–Trinajstić information content (AvgIpc) is 3.20. The van der Waals surface area contributed by atoms with Crippen LogP contribution in [-0.4, -0.2) is 38.6 Å². The standard InChI is InChI=1S/C25H27FN4O2/c1-2-3-8-22-17-29-24(31)30(22)23(18-9-11-21(26)12-10-18)25(32,19-6-4-13-27-15-19)20-7-5-14-28-16-20/h4-7,9-16,22-23,32H,2-3,8,17H2,1H3,(H,29,31). The molecular formula is C25H27FN4O2. The van der Waals surface area contributed by atoms with E-state index in [0.717, 1.165) is 19.3 Å². The molecule has 7 heteroatoms. The summed E-state index contributed by atoms with van der Waals surface area (Å²) in [6.07, 6.45) is 9.19. The van der Waals surface area contributed by atoms with Crippen LogP contribution in [0.4, 0.5) is 9.18 Å². The molecule has 0 bridgehead atoms. The summed E-state index contributed by atoms with van der Waals surface area (Å²) in [6.45, 7) is 2.60. The Kier molecular flexibility index (Phi) is 6.46. The molecule has 2 unspecified atom stereocenters. The van der Waals surface area contributed by atoms with E-state index in [9.17, 15) is 14.3 Å². The molecule has 1 aliphatic heterocycles. The second kappa shape index (κ2) is 9.44. The SMILES string of the molecule is CCCCC1CNC(=O)N1C(c1ccc(F)cc1)C(O)(c1cccnc1)c1cccnc1. The summed E-state index contributed by atoms with van der Waals surface area (Å²) in [6, 6.07) is 11.8. The monoisotopic (exact) mass is 434 g/mol. The minimum absolute atomic E-state index is 0.114. The Morgan fingerprint density at radius 1 is 1.12 bits per heavy atom. The number of nitrogens with zero attached hydrogens (tertiary/aromatic N) is 3. The van der Waals surface area contributed by atoms with Gasteiger partial charge in [0.2, 0.25) is 0 Å². The summed E-state index contributed by atoms with van der Waals surface area (Å²) >= 11 is 0. The minimum atomic E-state index is -1.66. The highest BCUT2D eigenvalue weighted by molar-refractivity contribution is 5.78. The van der Waals surface area contributed by atoms with E-state index in [0.29, 0.717) is 23.2 Å². The molecule has 0 spiro atoms. The number of aliphatic hydroxyl groups is 1. The lowest BCUT2D eigenvalue weighted by atomic mass is 9.77. The second-order valence-electron chi connectivity index (χ2n) is 8.09. The van der Waals surface area contributed by atoms with Crippen LogP contribution in [0.5, 0.6) is 0 Å². The van der Waals surface area contributed by atoms with Crippen molar-refractivity contribution < 1.29 is 14.3 Å². The molecule has 1 saturated heterocycles. The topological polar surface area (TPSA) is 78.4 Å². The molecule has 0 radical (unpaired) electrons. The van der Waals surface area contributed by atoms with Gasteiger partial charge in [0.05, 0.1) is 12.1 Å². The normalized spacial score (nSPS) is 17.3. The molecule has 2 atom stereocenters. The Morgan fingerprint density at radius 3 is 2.28 bits per heavy atom. The van der Waals surface area contributed by atoms with Gasteiger partial charge in [-0.2, -0.15) is 0 Å². The molecule has 0 saturated carbocycles. The van der Waals surface area contributed by atoms with Gasteiger partial charge in [-0.05, 0) is 36.2 Å². The van der Waals surface area contributed by atoms with Crippen LogP contribution in [-0.2, 0) is 5.60 Å². The van der Waals surface area contributed by atoms with Crippen molar-refractivity contribution in [3.05, 3.63) is 95.8 Å². The van der Waals surface area contributed by atoms with Gasteiger partial charge in [0, 0.05) is 42.5 Å². The Morgan fingerprint density at radius 2 is 1.75 bits per heavy atom. The van der Waals surface area contributed by atoms with E-state index in [1.165, 1.54) is 12.1 Å². The highest BCUT2D eigenvalue weighted by atomic mass is 19.1. The predicted octanol–water partition coefficient (Wildman–Crippen LogP) is 4.18. The van der Waals surface area contributed by atoms with E-state index in [4.69, 9.17) is 0 Å². The van der Waals surface area contributed by atoms with Crippen LogP contribution in [0.25, 0.3) is 0 Å². The molecule has 3 aromatic rings. The molecule has 2 aromatic heterocycles. The first-order chi connectivity index (χ1) is 15.6. The zero-order chi connectivity index (χ0) is 22.6. The van der Waals surface area contributed by atoms with Crippen LogP contribution in [0.1, 0.15) is 48.9 Å². The van der Waals surface area contributed by atoms with Crippen LogP contribution in [0, 0.1) is 5.82 Å². The fourth-order valence-corrected chi connectivity index (χ4v) is 4.48. The number of benzene rings is 1. The predicted molar refractivity (Wildman–Crippen MR) is 119 cm³/mol. The van der Waals surface area contributed by atoms with Crippen molar-refractivity contribution in [2.75, 3.05) is 6.54 Å². The van der Waals surface area contributed by atoms with Gasteiger partial charge >= 0.3 is 6.03 Å². The number of unbranched alkanes of at least 4 members (excludes halogenated alkanes) is 1. The lowest BCUT2D eigenvalue weighted by Crippen LogP contribution is -2.49. The van der Waals surface area contributed by atoms with Crippen molar-refractivity contribution in [2.45, 2.75) is 43.9 Å². The number of nitrogens with one attached hydrogen (secondary N) is 1. The molecule has 166 valence electrons. The molecule has 2 amide bonds. The number of hydrogen-bond donors (Lipinski definition) is 2. The lowest BCUT2D eigenvalue weighted by molar-refractivity contribution is -0.0143. The van der Waals surface area contributed by atoms with E-state index in [1.807, 2.05) is 0 Å². The zero-order valence-corrected chi connectivity index (χ0v) is 18.0. The van der Waals surface area contributed by atoms with Crippen LogP contribution < -0.4 is 5.32 Å². The van der Waals surface area contributed by atoms with Crippen molar-refractivity contribution in [3.8, 4) is 0 Å². The fraction of sp³-hybridized carbons (Fsp3) is 0.320. The van der Waals surface area contributed by atoms with Crippen LogP contribution in [0.2, 0.25) is 0 Å². The maximum atomic E-state index is 13.8. The summed E-state index contributed by atoms with van der Waals surface area (Å²) < 4.78 is 13.8. The van der Waals surface area contributed by atoms with Gasteiger partial charge in [-0.25, -0.2) is 9.18 Å². The number of aromatic nitrogens is 2. The molecule has 2 N–H and O–H groups in total. The maximum Gasteiger partial charge on any atom is 0.318 e. The number of pyridine rings is 2. The molecule has 32 heavy (non-hydrogen) atoms. The van der Waals surface area contributed by atoms with Gasteiger partial charge < -0.3 is 15.3 Å². The molecule has 4 rings (SSSR count). The minimum Gasteiger partial charge on any atom is -0.378 e. The summed E-state index contributed by atoms with van der Waals surface area (Å²) in [4.78, 5) is 23.3. The molecule has 3 heterocycles. The Bertz CT molecular complexity index is 991. The third-order valence-electron chi connectivity index (χ3n) is 6.07. The first-order valence-electron chi connectivity index (χ1n) is 10.9. The molecule has 1 fully saturated rings. The number of urea groups is 1. The van der Waals surface area contributed by atoms with E-state index in [-0.39, 0.29) is 17.9 Å². The third kappa shape index (κ3) is 4.08. The quantitative estimate of drug-likeness (QED) is 0.558. The second-order valence-corrected chi connectivity index (χ2v) is 8.09. The van der Waals surface area contributed by atoms with Gasteiger partial charge in [-0.15, -0.1) is 0 Å². The van der Waals surface area contributed by atoms with Crippen molar-refractivity contribution >= 4 is 6.03 Å². The fourth-order valence-electron chi connectivity index (χ4n) is 4.48. The van der Waals surface area contributed by atoms with E-state index in [1.54, 1.807) is 66.1 Å². The number of halogens is 1. The Balaban J connectivity index is 1.94. The van der Waals surface area contributed by atoms with Crippen LogP contribution in [0.3, 0.4) is 0 Å².